The first-order chi connectivity index (χ1) is 12.4. The van der Waals surface area contributed by atoms with Crippen LogP contribution in [0.25, 0.3) is 11.3 Å². The Labute approximate surface area is 156 Å². The van der Waals surface area contributed by atoms with Crippen molar-refractivity contribution in [2.24, 2.45) is 0 Å². The Hall–Kier alpha value is -2.80. The molecule has 0 unspecified atom stereocenters. The number of carbonyl (C=O) groups excluding carboxylic acids is 2. The second-order valence-electron chi connectivity index (χ2n) is 5.08. The Kier molecular flexibility index (Phi) is 6.41. The smallest absolute Gasteiger partial charge is 0.342 e. The van der Waals surface area contributed by atoms with Crippen LogP contribution < -0.4 is 10.5 Å². The molecule has 0 bridgehead atoms. The van der Waals surface area contributed by atoms with Crippen LogP contribution in [0.15, 0.2) is 24.3 Å². The number of benzene rings is 1. The Morgan fingerprint density at radius 3 is 2.08 bits per heavy atom. The molecule has 1 aromatic carbocycles. The Balaban J connectivity index is 2.68. The molecular weight excluding hydrogens is 360 g/mol. The number of hydrogen-bond acceptors (Lipinski definition) is 7. The number of rotatable bonds is 6. The van der Waals surface area contributed by atoms with Crippen LogP contribution in [-0.4, -0.2) is 37.2 Å². The third-order valence-corrected chi connectivity index (χ3v) is 3.79. The van der Waals surface area contributed by atoms with Crippen molar-refractivity contribution in [2.45, 2.75) is 13.8 Å². The molecule has 2 N–H and O–H groups in total. The molecule has 0 amide bonds. The van der Waals surface area contributed by atoms with E-state index >= 15 is 0 Å². The molecule has 1 heterocycles. The number of carbonyl (C=O) groups is 2. The van der Waals surface area contributed by atoms with Crippen LogP contribution in [-0.2, 0) is 9.47 Å². The summed E-state index contributed by atoms with van der Waals surface area (Å²) in [6, 6.07) is 6.86. The number of methoxy groups -OCH3 is 1. The lowest BCUT2D eigenvalue weighted by atomic mass is 10.0. The first-order valence-electron chi connectivity index (χ1n) is 7.92. The molecule has 0 aliphatic rings. The Morgan fingerprint density at radius 1 is 1.04 bits per heavy atom. The van der Waals surface area contributed by atoms with Crippen LogP contribution in [0.1, 0.15) is 34.6 Å². The molecule has 2 rings (SSSR count). The Bertz CT molecular complexity index is 821. The summed E-state index contributed by atoms with van der Waals surface area (Å²) >= 11 is 6.19. The van der Waals surface area contributed by atoms with Gasteiger partial charge in [0.15, 0.2) is 0 Å². The molecular formula is C18H19ClN2O5. The third kappa shape index (κ3) is 3.88. The van der Waals surface area contributed by atoms with Crippen LogP contribution >= 0.6 is 11.6 Å². The van der Waals surface area contributed by atoms with Crippen LogP contribution in [0.3, 0.4) is 0 Å². The molecule has 0 aliphatic carbocycles. The lowest BCUT2D eigenvalue weighted by Gasteiger charge is -2.15. The van der Waals surface area contributed by atoms with Gasteiger partial charge in [0.25, 0.3) is 0 Å². The van der Waals surface area contributed by atoms with Gasteiger partial charge in [-0.2, -0.15) is 0 Å². The van der Waals surface area contributed by atoms with Gasteiger partial charge in [-0.05, 0) is 38.1 Å². The summed E-state index contributed by atoms with van der Waals surface area (Å²) in [6.07, 6.45) is 0. The number of hydrogen-bond donors (Lipinski definition) is 1. The molecule has 0 aliphatic heterocycles. The fraction of sp³-hybridized carbons (Fsp3) is 0.278. The predicted molar refractivity (Wildman–Crippen MR) is 97.6 cm³/mol. The largest absolute Gasteiger partial charge is 0.497 e. The van der Waals surface area contributed by atoms with Crippen molar-refractivity contribution in [1.29, 1.82) is 0 Å². The summed E-state index contributed by atoms with van der Waals surface area (Å²) < 4.78 is 15.1. The van der Waals surface area contributed by atoms with E-state index in [2.05, 4.69) is 4.98 Å². The number of nitrogen functional groups attached to an aromatic ring is 1. The molecule has 0 saturated carbocycles. The number of halogens is 1. The third-order valence-electron chi connectivity index (χ3n) is 3.51. The number of anilines is 1. The Morgan fingerprint density at radius 2 is 1.58 bits per heavy atom. The van der Waals surface area contributed by atoms with Gasteiger partial charge in [0.1, 0.15) is 22.0 Å². The fourth-order valence-corrected chi connectivity index (χ4v) is 2.60. The summed E-state index contributed by atoms with van der Waals surface area (Å²) in [4.78, 5) is 28.9. The van der Waals surface area contributed by atoms with Gasteiger partial charge in [0.05, 0.1) is 31.7 Å². The summed E-state index contributed by atoms with van der Waals surface area (Å²) in [5.41, 5.74) is 6.64. The van der Waals surface area contributed by atoms with Crippen molar-refractivity contribution in [3.8, 4) is 17.0 Å². The number of nitrogens with zero attached hydrogens (tertiary/aromatic N) is 1. The second kappa shape index (κ2) is 8.53. The molecule has 0 radical (unpaired) electrons. The second-order valence-corrected chi connectivity index (χ2v) is 5.44. The summed E-state index contributed by atoms with van der Waals surface area (Å²) in [5, 5.41) is -0.188. The van der Waals surface area contributed by atoms with Crippen LogP contribution in [0.5, 0.6) is 5.75 Å². The van der Waals surface area contributed by atoms with Gasteiger partial charge in [0.2, 0.25) is 0 Å². The molecule has 7 nitrogen and oxygen atoms in total. The van der Waals surface area contributed by atoms with Crippen molar-refractivity contribution in [3.63, 3.8) is 0 Å². The summed E-state index contributed by atoms with van der Waals surface area (Å²) in [5.74, 6) is -0.916. The zero-order chi connectivity index (χ0) is 19.3. The van der Waals surface area contributed by atoms with Gasteiger partial charge in [-0.1, -0.05) is 11.6 Å². The highest BCUT2D eigenvalue weighted by Gasteiger charge is 2.29. The maximum atomic E-state index is 12.4. The van der Waals surface area contributed by atoms with Gasteiger partial charge in [-0.25, -0.2) is 14.6 Å². The number of aromatic nitrogens is 1. The highest BCUT2D eigenvalue weighted by molar-refractivity contribution is 6.34. The molecule has 1 aromatic heterocycles. The molecule has 2 aromatic rings. The standard InChI is InChI=1S/C18H19ClN2O5/c1-4-25-17(22)12-13(18(23)26-5-2)16(19)21-15(14(12)20)10-6-8-11(24-3)9-7-10/h6-9H,4-5,20H2,1-3H3. The SMILES string of the molecule is CCOC(=O)c1c(Cl)nc(-c2ccc(OC)cc2)c(N)c1C(=O)OCC. The zero-order valence-electron chi connectivity index (χ0n) is 14.7. The van der Waals surface area contributed by atoms with Crippen LogP contribution in [0.4, 0.5) is 5.69 Å². The van der Waals surface area contributed by atoms with E-state index in [1.54, 1.807) is 45.2 Å². The molecule has 0 fully saturated rings. The average molecular weight is 379 g/mol. The lowest BCUT2D eigenvalue weighted by molar-refractivity contribution is 0.0479. The van der Waals surface area contributed by atoms with Crippen molar-refractivity contribution in [3.05, 3.63) is 40.5 Å². The van der Waals surface area contributed by atoms with Gasteiger partial charge in [0, 0.05) is 5.56 Å². The molecule has 0 saturated heterocycles. The molecule has 0 atom stereocenters. The zero-order valence-corrected chi connectivity index (χ0v) is 15.4. The van der Waals surface area contributed by atoms with Crippen molar-refractivity contribution in [2.75, 3.05) is 26.1 Å². The van der Waals surface area contributed by atoms with E-state index in [1.807, 2.05) is 0 Å². The van der Waals surface area contributed by atoms with E-state index in [1.165, 1.54) is 0 Å². The monoisotopic (exact) mass is 378 g/mol. The van der Waals surface area contributed by atoms with Crippen molar-refractivity contribution < 1.29 is 23.8 Å². The van der Waals surface area contributed by atoms with Crippen molar-refractivity contribution >= 4 is 29.2 Å². The minimum absolute atomic E-state index is 0.0129. The summed E-state index contributed by atoms with van der Waals surface area (Å²) in [7, 11) is 1.55. The van der Waals surface area contributed by atoms with Gasteiger partial charge in [-0.15, -0.1) is 0 Å². The van der Waals surface area contributed by atoms with E-state index in [4.69, 9.17) is 31.5 Å². The highest BCUT2D eigenvalue weighted by Crippen LogP contribution is 2.34. The normalized spacial score (nSPS) is 10.3. The number of nitrogens with two attached hydrogens (primary N) is 1. The molecule has 138 valence electrons. The highest BCUT2D eigenvalue weighted by atomic mass is 35.5. The maximum Gasteiger partial charge on any atom is 0.342 e. The quantitative estimate of drug-likeness (QED) is 0.607. The average Bonchev–Trinajstić information content (AvgIpc) is 2.63. The minimum Gasteiger partial charge on any atom is -0.497 e. The molecule has 26 heavy (non-hydrogen) atoms. The first-order valence-corrected chi connectivity index (χ1v) is 8.29. The minimum atomic E-state index is -0.791. The molecule has 8 heteroatoms. The van der Waals surface area contributed by atoms with E-state index in [0.29, 0.717) is 11.3 Å². The van der Waals surface area contributed by atoms with E-state index in [0.717, 1.165) is 0 Å². The first kappa shape index (κ1) is 19.5. The number of ether oxygens (including phenoxy) is 3. The van der Waals surface area contributed by atoms with E-state index < -0.39 is 11.9 Å². The van der Waals surface area contributed by atoms with Gasteiger partial charge in [-0.3, -0.25) is 0 Å². The van der Waals surface area contributed by atoms with Gasteiger partial charge < -0.3 is 19.9 Å². The van der Waals surface area contributed by atoms with E-state index in [-0.39, 0.29) is 40.9 Å². The van der Waals surface area contributed by atoms with Gasteiger partial charge >= 0.3 is 11.9 Å². The summed E-state index contributed by atoms with van der Waals surface area (Å²) in [6.45, 7) is 3.50. The fourth-order valence-electron chi connectivity index (χ4n) is 2.34. The van der Waals surface area contributed by atoms with E-state index in [9.17, 15) is 9.59 Å². The maximum absolute atomic E-state index is 12.4. The molecule has 0 spiro atoms. The van der Waals surface area contributed by atoms with Crippen LogP contribution in [0.2, 0.25) is 5.15 Å². The van der Waals surface area contributed by atoms with Crippen molar-refractivity contribution in [1.82, 2.24) is 4.98 Å². The number of pyridine rings is 1. The number of esters is 2. The predicted octanol–water partition coefficient (Wildman–Crippen LogP) is 3.35. The van der Waals surface area contributed by atoms with Crippen LogP contribution in [0, 0.1) is 0 Å². The lowest BCUT2D eigenvalue weighted by Crippen LogP contribution is -2.18. The topological polar surface area (TPSA) is 101 Å².